The molecule has 2 aliphatic rings. The largest absolute Gasteiger partial charge is 0 e. The van der Waals surface area contributed by atoms with E-state index in [1.165, 1.54) is 11.1 Å². The summed E-state index contributed by atoms with van der Waals surface area (Å²) in [5.41, 5.74) is 3.03. The van der Waals surface area contributed by atoms with Crippen LogP contribution < -0.4 is 0 Å². The van der Waals surface area contributed by atoms with E-state index in [4.69, 9.17) is 18.6 Å². The fourth-order valence-electron chi connectivity index (χ4n) is 2.08. The maximum Gasteiger partial charge on any atom is 0 e. The molecule has 6 nitrogen and oxygen atoms in total. The molecular weight excluding hydrogens is 524 g/mol. The molecule has 2 rings (SSSR count). The monoisotopic (exact) mass is 556 g/mol. The van der Waals surface area contributed by atoms with Gasteiger partial charge in [-0.1, -0.05) is 26.2 Å². The van der Waals surface area contributed by atoms with E-state index >= 15 is 0 Å². The van der Waals surface area contributed by atoms with Crippen LogP contribution in [0.5, 0.6) is 0 Å². The van der Waals surface area contributed by atoms with Gasteiger partial charge in [0.05, 0.1) is 0 Å². The molecule has 0 aromatic rings. The van der Waals surface area contributed by atoms with Gasteiger partial charge in [-0.3, -0.25) is 0 Å². The van der Waals surface area contributed by atoms with E-state index in [0.29, 0.717) is 0 Å². The van der Waals surface area contributed by atoms with Gasteiger partial charge in [-0.05, 0) is 90.6 Å². The predicted octanol–water partition coefficient (Wildman–Crippen LogP) is 3.24. The second-order valence-corrected chi connectivity index (χ2v) is 16.4. The number of nitrogens with zero attached hydrogens (tertiary/aromatic N) is 2. The van der Waals surface area contributed by atoms with Crippen LogP contribution in [0.25, 0.3) is 0 Å². The molecule has 10 radical (unpaired) electrons. The Balaban J connectivity index is -0.0000000768. The fraction of sp³-hybridized carbons (Fsp3) is 0.364. The molecule has 0 aromatic carbocycles. The van der Waals surface area contributed by atoms with E-state index in [1.54, 1.807) is 0 Å². The van der Waals surface area contributed by atoms with Crippen molar-refractivity contribution in [2.75, 3.05) is 28.2 Å². The van der Waals surface area contributed by atoms with Crippen molar-refractivity contribution in [3.8, 4) is 0 Å². The Morgan fingerprint density at radius 2 is 0.656 bits per heavy atom. The number of hydrogen-bond donors (Lipinski definition) is 0. The second-order valence-electron chi connectivity index (χ2n) is 7.25. The topological polar surface area (TPSA) is 86.1 Å². The zero-order chi connectivity index (χ0) is 25.0. The summed E-state index contributed by atoms with van der Waals surface area (Å²) < 4.78 is 34.7. The molecular formula is C22H32Fe2N2O4Si2. The molecule has 2 fully saturated rings. The molecule has 0 atom stereocenters. The number of rotatable bonds is 4. The maximum atomic E-state index is 7.50. The van der Waals surface area contributed by atoms with Gasteiger partial charge in [-0.25, -0.2) is 0 Å². The van der Waals surface area contributed by atoms with Crippen molar-refractivity contribution in [3.05, 3.63) is 89.1 Å². The van der Waals surface area contributed by atoms with Crippen LogP contribution in [0, 0.1) is 89.1 Å². The molecule has 0 aliphatic heterocycles. The average molecular weight is 556 g/mol. The molecule has 2 saturated carbocycles. The van der Waals surface area contributed by atoms with Gasteiger partial charge < -0.3 is 9.13 Å². The van der Waals surface area contributed by atoms with Crippen molar-refractivity contribution in [1.29, 1.82) is 0 Å². The molecule has 2 aliphatic carbocycles. The summed E-state index contributed by atoms with van der Waals surface area (Å²) in [6.45, 7) is 27.5. The van der Waals surface area contributed by atoms with Crippen molar-refractivity contribution in [3.63, 3.8) is 0 Å². The van der Waals surface area contributed by atoms with E-state index in [-0.39, 0.29) is 34.1 Å². The summed E-state index contributed by atoms with van der Waals surface area (Å²) in [6, 6.07) is 0. The molecule has 0 bridgehead atoms. The standard InChI is InChI=1S/2C9H16NSi.4CO.2Fe/c2*1-10(2)11(3,4)9-7-5-6-8-9;4*1-2;;/h2*5-8H,1-4H3;;;;;;. The molecule has 0 spiro atoms. The van der Waals surface area contributed by atoms with Crippen LogP contribution in [0.2, 0.25) is 26.2 Å². The summed E-state index contributed by atoms with van der Waals surface area (Å²) >= 11 is 0. The maximum absolute atomic E-state index is 7.50. The minimum absolute atomic E-state index is 0. The van der Waals surface area contributed by atoms with Gasteiger partial charge in [0, 0.05) is 34.1 Å². The van der Waals surface area contributed by atoms with Crippen LogP contribution in [-0.4, -0.2) is 53.8 Å². The molecule has 0 unspecified atom stereocenters. The van der Waals surface area contributed by atoms with Crippen LogP contribution in [0.3, 0.4) is 0 Å². The number of hydrogen-bond acceptors (Lipinski definition) is 2. The fourth-order valence-corrected chi connectivity index (χ4v) is 5.13. The van der Waals surface area contributed by atoms with E-state index < -0.39 is 16.5 Å². The summed E-state index contributed by atoms with van der Waals surface area (Å²) in [6.07, 6.45) is 17.4. The van der Waals surface area contributed by atoms with Crippen LogP contribution >= 0.6 is 0 Å². The van der Waals surface area contributed by atoms with Gasteiger partial charge in [0.25, 0.3) is 0 Å². The summed E-state index contributed by atoms with van der Waals surface area (Å²) in [5.74, 6) is 0. The zero-order valence-corrected chi connectivity index (χ0v) is 24.1. The predicted molar refractivity (Wildman–Crippen MR) is 119 cm³/mol. The minimum atomic E-state index is -1.27. The third kappa shape index (κ3) is 17.8. The summed E-state index contributed by atoms with van der Waals surface area (Å²) in [7, 11) is 6.12. The van der Waals surface area contributed by atoms with Gasteiger partial charge in [0.15, 0.2) is 0 Å². The zero-order valence-electron chi connectivity index (χ0n) is 19.9. The second kappa shape index (κ2) is 27.6. The van der Waals surface area contributed by atoms with Crippen LogP contribution in [0.15, 0.2) is 0 Å². The molecule has 0 N–H and O–H groups in total. The van der Waals surface area contributed by atoms with Crippen molar-refractivity contribution < 1.29 is 52.7 Å². The van der Waals surface area contributed by atoms with Crippen LogP contribution in [0.1, 0.15) is 0 Å². The first-order valence-corrected chi connectivity index (χ1v) is 14.6. The summed E-state index contributed by atoms with van der Waals surface area (Å²) in [5, 5.41) is 0. The third-order valence-corrected chi connectivity index (χ3v) is 12.9. The van der Waals surface area contributed by atoms with Gasteiger partial charge in [0.2, 0.25) is 0 Å². The Bertz CT molecular complexity index is 429. The van der Waals surface area contributed by atoms with Gasteiger partial charge >= 0.3 is 45.2 Å². The Morgan fingerprint density at radius 1 is 0.500 bits per heavy atom. The van der Waals surface area contributed by atoms with Crippen molar-refractivity contribution in [2.45, 2.75) is 26.2 Å². The smallest absolute Gasteiger partial charge is 0 e. The molecule has 0 amide bonds. The molecule has 0 aromatic heterocycles. The Hall–Kier alpha value is 0.353. The van der Waals surface area contributed by atoms with Crippen molar-refractivity contribution in [2.24, 2.45) is 0 Å². The Kier molecular flexibility index (Phi) is 39.5. The molecule has 32 heavy (non-hydrogen) atoms. The van der Waals surface area contributed by atoms with E-state index in [2.05, 4.69) is 141 Å². The normalized spacial score (nSPS) is 15.1. The Morgan fingerprint density at radius 3 is 0.781 bits per heavy atom. The van der Waals surface area contributed by atoms with Crippen molar-refractivity contribution >= 4 is 16.5 Å². The van der Waals surface area contributed by atoms with E-state index in [0.717, 1.165) is 0 Å². The summed E-state index contributed by atoms with van der Waals surface area (Å²) in [4.78, 5) is 0. The van der Waals surface area contributed by atoms with E-state index in [9.17, 15) is 0 Å². The van der Waals surface area contributed by atoms with Crippen LogP contribution in [0.4, 0.5) is 0 Å². The van der Waals surface area contributed by atoms with Gasteiger partial charge in [0.1, 0.15) is 16.5 Å². The van der Waals surface area contributed by atoms with Crippen LogP contribution in [-0.2, 0) is 52.7 Å². The molecule has 10 heteroatoms. The molecule has 0 saturated heterocycles. The van der Waals surface area contributed by atoms with E-state index in [1.807, 2.05) is 0 Å². The van der Waals surface area contributed by atoms with Gasteiger partial charge in [-0.15, -0.1) is 0 Å². The van der Waals surface area contributed by atoms with Crippen molar-refractivity contribution in [1.82, 2.24) is 9.13 Å². The Labute approximate surface area is 221 Å². The SMILES string of the molecule is CN(C)[Si](C)(C)[C]1[CH][CH][CH][CH]1.CN(C)[Si](C)(C)[C]1[CH][CH][CH][CH]1.[C-]#[O+].[C-]#[O+].[C-]#[O+].[C-]#[O+].[Fe].[Fe]. The first-order chi connectivity index (χ1) is 14.1. The first kappa shape index (κ1) is 45.8. The molecule has 178 valence electrons. The first-order valence-electron chi connectivity index (χ1n) is 8.71. The average Bonchev–Trinajstić information content (AvgIpc) is 3.49. The third-order valence-electron chi connectivity index (χ3n) is 4.97. The van der Waals surface area contributed by atoms with Gasteiger partial charge in [-0.2, -0.15) is 0 Å². The molecule has 0 heterocycles. The quantitative estimate of drug-likeness (QED) is 0.303. The minimum Gasteiger partial charge on any atom is 0 e.